The van der Waals surface area contributed by atoms with Gasteiger partial charge in [-0.05, 0) is 91.3 Å². The van der Waals surface area contributed by atoms with Gasteiger partial charge >= 0.3 is 0 Å². The average Bonchev–Trinajstić information content (AvgIpc) is 3.39. The second-order valence-corrected chi connectivity index (χ2v) is 9.87. The number of aliphatic hydroxyl groups excluding tert-OH is 4. The standard InChI is InChI=1S/C23H42O4/c1-3-20-16(10-24)8-18(12-26)22(20)14-5-6-15(7-14)23-19(13-27)9-17(11-25)21(23)4-2/h14-27H,3-13H2,1-2H3. The predicted octanol–water partition coefficient (Wildman–Crippen LogP) is 2.93. The topological polar surface area (TPSA) is 80.9 Å². The van der Waals surface area contributed by atoms with Gasteiger partial charge in [-0.15, -0.1) is 0 Å². The fourth-order valence-electron chi connectivity index (χ4n) is 8.01. The Morgan fingerprint density at radius 3 is 1.22 bits per heavy atom. The molecule has 3 fully saturated rings. The maximum atomic E-state index is 9.99. The Balaban J connectivity index is 1.73. The van der Waals surface area contributed by atoms with E-state index < -0.39 is 0 Å². The van der Waals surface area contributed by atoms with Crippen LogP contribution in [0.1, 0.15) is 58.8 Å². The van der Waals surface area contributed by atoms with Crippen LogP contribution in [0.5, 0.6) is 0 Å². The normalized spacial score (nSPS) is 47.8. The van der Waals surface area contributed by atoms with Crippen LogP contribution >= 0.6 is 0 Å². The Kier molecular flexibility index (Phi) is 7.63. The van der Waals surface area contributed by atoms with Gasteiger partial charge in [0.2, 0.25) is 0 Å². The van der Waals surface area contributed by atoms with Crippen molar-refractivity contribution in [3.8, 4) is 0 Å². The first-order chi connectivity index (χ1) is 13.1. The van der Waals surface area contributed by atoms with Crippen molar-refractivity contribution >= 4 is 0 Å². The van der Waals surface area contributed by atoms with Crippen molar-refractivity contribution < 1.29 is 20.4 Å². The molecule has 0 amide bonds. The summed E-state index contributed by atoms with van der Waals surface area (Å²) in [5, 5.41) is 39.6. The van der Waals surface area contributed by atoms with Crippen LogP contribution in [-0.2, 0) is 0 Å². The molecular formula is C23H42O4. The Morgan fingerprint density at radius 1 is 0.556 bits per heavy atom. The molecule has 4 N–H and O–H groups in total. The molecule has 4 nitrogen and oxygen atoms in total. The molecule has 0 saturated heterocycles. The molecule has 4 heteroatoms. The van der Waals surface area contributed by atoms with Crippen molar-refractivity contribution in [1.82, 2.24) is 0 Å². The molecule has 27 heavy (non-hydrogen) atoms. The highest BCUT2D eigenvalue weighted by Gasteiger charge is 2.51. The zero-order chi connectivity index (χ0) is 19.6. The van der Waals surface area contributed by atoms with Gasteiger partial charge in [-0.3, -0.25) is 0 Å². The van der Waals surface area contributed by atoms with Crippen LogP contribution in [0.4, 0.5) is 0 Å². The smallest absolute Gasteiger partial charge is 0.0462 e. The lowest BCUT2D eigenvalue weighted by atomic mass is 9.72. The summed E-state index contributed by atoms with van der Waals surface area (Å²) in [6.45, 7) is 5.51. The molecule has 158 valence electrons. The van der Waals surface area contributed by atoms with E-state index in [9.17, 15) is 20.4 Å². The molecule has 0 heterocycles. The Labute approximate surface area is 165 Å². The van der Waals surface area contributed by atoms with E-state index in [2.05, 4.69) is 13.8 Å². The van der Waals surface area contributed by atoms with Gasteiger partial charge in [-0.1, -0.05) is 26.7 Å². The molecule has 0 bridgehead atoms. The van der Waals surface area contributed by atoms with E-state index in [-0.39, 0.29) is 26.4 Å². The number of hydrogen-bond donors (Lipinski definition) is 4. The zero-order valence-corrected chi connectivity index (χ0v) is 17.3. The minimum absolute atomic E-state index is 0.256. The maximum absolute atomic E-state index is 9.99. The first-order valence-corrected chi connectivity index (χ1v) is 11.6. The Bertz CT molecular complexity index is 416. The first-order valence-electron chi connectivity index (χ1n) is 11.6. The highest BCUT2D eigenvalue weighted by molar-refractivity contribution is 5.00. The van der Waals surface area contributed by atoms with E-state index in [1.807, 2.05) is 0 Å². The van der Waals surface area contributed by atoms with Crippen LogP contribution in [0.3, 0.4) is 0 Å². The average molecular weight is 383 g/mol. The van der Waals surface area contributed by atoms with Crippen LogP contribution in [0, 0.1) is 59.2 Å². The molecule has 3 rings (SSSR count). The minimum atomic E-state index is 0.256. The molecule has 3 aliphatic carbocycles. The maximum Gasteiger partial charge on any atom is 0.0462 e. The lowest BCUT2D eigenvalue weighted by Gasteiger charge is -2.33. The Morgan fingerprint density at radius 2 is 0.926 bits per heavy atom. The summed E-state index contributed by atoms with van der Waals surface area (Å²) < 4.78 is 0. The second kappa shape index (κ2) is 9.56. The minimum Gasteiger partial charge on any atom is -0.396 e. The van der Waals surface area contributed by atoms with Crippen LogP contribution in [0.15, 0.2) is 0 Å². The Hall–Kier alpha value is -0.160. The second-order valence-electron chi connectivity index (χ2n) is 9.87. The summed E-state index contributed by atoms with van der Waals surface area (Å²) in [5.41, 5.74) is 0. The molecule has 10 unspecified atom stereocenters. The third-order valence-corrected chi connectivity index (χ3v) is 8.98. The van der Waals surface area contributed by atoms with Crippen molar-refractivity contribution in [3.05, 3.63) is 0 Å². The molecule has 0 aromatic carbocycles. The molecule has 10 atom stereocenters. The van der Waals surface area contributed by atoms with E-state index in [1.165, 1.54) is 19.3 Å². The monoisotopic (exact) mass is 382 g/mol. The van der Waals surface area contributed by atoms with E-state index >= 15 is 0 Å². The van der Waals surface area contributed by atoms with Gasteiger partial charge in [0.1, 0.15) is 0 Å². The van der Waals surface area contributed by atoms with Crippen LogP contribution in [-0.4, -0.2) is 46.9 Å². The van der Waals surface area contributed by atoms with Gasteiger partial charge in [0.15, 0.2) is 0 Å². The number of rotatable bonds is 8. The van der Waals surface area contributed by atoms with Gasteiger partial charge in [0.25, 0.3) is 0 Å². The fourth-order valence-corrected chi connectivity index (χ4v) is 8.01. The first kappa shape index (κ1) is 21.5. The van der Waals surface area contributed by atoms with Gasteiger partial charge in [0.05, 0.1) is 0 Å². The largest absolute Gasteiger partial charge is 0.396 e. The summed E-state index contributed by atoms with van der Waals surface area (Å²) in [6.07, 6.45) is 7.83. The van der Waals surface area contributed by atoms with Crippen molar-refractivity contribution in [2.45, 2.75) is 58.8 Å². The molecule has 3 aliphatic rings. The van der Waals surface area contributed by atoms with Crippen LogP contribution in [0.2, 0.25) is 0 Å². The van der Waals surface area contributed by atoms with Crippen molar-refractivity contribution in [3.63, 3.8) is 0 Å². The summed E-state index contributed by atoms with van der Waals surface area (Å²) >= 11 is 0. The van der Waals surface area contributed by atoms with E-state index in [1.54, 1.807) is 0 Å². The van der Waals surface area contributed by atoms with Gasteiger partial charge in [0, 0.05) is 26.4 Å². The molecule has 0 aromatic rings. The van der Waals surface area contributed by atoms with E-state index in [0.29, 0.717) is 59.2 Å². The summed E-state index contributed by atoms with van der Waals surface area (Å²) in [6, 6.07) is 0. The van der Waals surface area contributed by atoms with E-state index in [4.69, 9.17) is 0 Å². The van der Waals surface area contributed by atoms with Crippen LogP contribution < -0.4 is 0 Å². The number of hydrogen-bond acceptors (Lipinski definition) is 4. The number of aliphatic hydroxyl groups is 4. The molecular weight excluding hydrogens is 340 g/mol. The van der Waals surface area contributed by atoms with Gasteiger partial charge in [-0.2, -0.15) is 0 Å². The van der Waals surface area contributed by atoms with Gasteiger partial charge in [-0.25, -0.2) is 0 Å². The molecule has 0 radical (unpaired) electrons. The lowest BCUT2D eigenvalue weighted by molar-refractivity contribution is 0.101. The third-order valence-electron chi connectivity index (χ3n) is 8.98. The SMILES string of the molecule is CCC1C(CO)CC(CO)C1C1CCC(C2C(CO)CC(CO)C2CC)C1. The third kappa shape index (κ3) is 3.97. The molecule has 0 aromatic heterocycles. The van der Waals surface area contributed by atoms with Crippen LogP contribution in [0.25, 0.3) is 0 Å². The lowest BCUT2D eigenvalue weighted by Crippen LogP contribution is -2.29. The molecule has 3 saturated carbocycles. The van der Waals surface area contributed by atoms with Crippen molar-refractivity contribution in [1.29, 1.82) is 0 Å². The van der Waals surface area contributed by atoms with Gasteiger partial charge < -0.3 is 20.4 Å². The molecule has 0 aliphatic heterocycles. The highest BCUT2D eigenvalue weighted by atomic mass is 16.3. The van der Waals surface area contributed by atoms with Crippen molar-refractivity contribution in [2.75, 3.05) is 26.4 Å². The predicted molar refractivity (Wildman–Crippen MR) is 107 cm³/mol. The summed E-state index contributed by atoms with van der Waals surface area (Å²) in [4.78, 5) is 0. The van der Waals surface area contributed by atoms with Crippen molar-refractivity contribution in [2.24, 2.45) is 59.2 Å². The highest BCUT2D eigenvalue weighted by Crippen LogP contribution is 2.56. The quantitative estimate of drug-likeness (QED) is 0.520. The van der Waals surface area contributed by atoms with E-state index in [0.717, 1.165) is 25.7 Å². The summed E-state index contributed by atoms with van der Waals surface area (Å²) in [5.74, 6) is 4.89. The summed E-state index contributed by atoms with van der Waals surface area (Å²) in [7, 11) is 0. The molecule has 0 spiro atoms. The zero-order valence-electron chi connectivity index (χ0n) is 17.3. The fraction of sp³-hybridized carbons (Fsp3) is 1.00.